The van der Waals surface area contributed by atoms with Crippen LogP contribution in [0.4, 0.5) is 0 Å². The molecule has 0 aromatic rings. The van der Waals surface area contributed by atoms with E-state index in [0.717, 1.165) is 45.2 Å². The zero-order chi connectivity index (χ0) is 19.6. The average Bonchev–Trinajstić information content (AvgIpc) is 2.75. The van der Waals surface area contributed by atoms with Gasteiger partial charge in [0.15, 0.2) is 12.6 Å². The van der Waals surface area contributed by atoms with Crippen LogP contribution in [0.5, 0.6) is 0 Å². The third-order valence-electron chi connectivity index (χ3n) is 6.75. The van der Waals surface area contributed by atoms with Crippen molar-refractivity contribution in [3.8, 4) is 0 Å². The fraction of sp³-hybridized carbons (Fsp3) is 0.917. The molecule has 1 aliphatic carbocycles. The van der Waals surface area contributed by atoms with Gasteiger partial charge < -0.3 is 18.9 Å². The van der Waals surface area contributed by atoms with Gasteiger partial charge in [0, 0.05) is 17.8 Å². The molecule has 0 radical (unpaired) electrons. The van der Waals surface area contributed by atoms with E-state index >= 15 is 0 Å². The first-order valence-electron chi connectivity index (χ1n) is 11.9. The van der Waals surface area contributed by atoms with E-state index in [1.54, 1.807) is 0 Å². The van der Waals surface area contributed by atoms with Crippen molar-refractivity contribution in [3.63, 3.8) is 0 Å². The van der Waals surface area contributed by atoms with Crippen LogP contribution in [0.15, 0.2) is 12.2 Å². The van der Waals surface area contributed by atoms with Crippen molar-refractivity contribution in [2.45, 2.75) is 90.6 Å². The summed E-state index contributed by atoms with van der Waals surface area (Å²) in [7, 11) is 0. The molecule has 4 heteroatoms. The molecular formula is C24H42O4. The number of ether oxygens (including phenoxy) is 4. The molecule has 2 heterocycles. The molecule has 162 valence electrons. The predicted molar refractivity (Wildman–Crippen MR) is 112 cm³/mol. The van der Waals surface area contributed by atoms with Gasteiger partial charge in [0.25, 0.3) is 0 Å². The number of rotatable bonds is 9. The minimum absolute atomic E-state index is 0.0385. The molecule has 0 atom stereocenters. The smallest absolute Gasteiger partial charge is 0.160 e. The van der Waals surface area contributed by atoms with Crippen molar-refractivity contribution in [3.05, 3.63) is 12.2 Å². The van der Waals surface area contributed by atoms with Gasteiger partial charge >= 0.3 is 0 Å². The van der Waals surface area contributed by atoms with Crippen LogP contribution in [0.25, 0.3) is 0 Å². The Kier molecular flexibility index (Phi) is 9.79. The highest BCUT2D eigenvalue weighted by atomic mass is 16.7. The van der Waals surface area contributed by atoms with Gasteiger partial charge in [0.1, 0.15) is 0 Å². The van der Waals surface area contributed by atoms with Crippen molar-refractivity contribution >= 4 is 0 Å². The van der Waals surface area contributed by atoms with Gasteiger partial charge in [-0.05, 0) is 51.4 Å². The highest BCUT2D eigenvalue weighted by Gasteiger charge is 2.32. The Hall–Kier alpha value is -0.420. The third kappa shape index (κ3) is 7.12. The van der Waals surface area contributed by atoms with Crippen LogP contribution in [-0.4, -0.2) is 39.0 Å². The fourth-order valence-corrected chi connectivity index (χ4v) is 4.91. The average molecular weight is 395 g/mol. The first-order valence-corrected chi connectivity index (χ1v) is 11.9. The molecule has 0 N–H and O–H groups in total. The van der Waals surface area contributed by atoms with Crippen LogP contribution >= 0.6 is 0 Å². The van der Waals surface area contributed by atoms with Crippen LogP contribution < -0.4 is 0 Å². The summed E-state index contributed by atoms with van der Waals surface area (Å²) in [5.41, 5.74) is 0. The monoisotopic (exact) mass is 394 g/mol. The van der Waals surface area contributed by atoms with Gasteiger partial charge in [-0.3, -0.25) is 0 Å². The lowest BCUT2D eigenvalue weighted by molar-refractivity contribution is -0.235. The standard InChI is InChI=1S/C24H42O4/c1-3-5-6-8-19-9-12-22(13-10-19)24-27-17-21(18-28-24)11-14-23-25-15-20(7-4-2)16-26-23/h4,7,19-24H,3,5-6,8-18H2,1-2H3. The van der Waals surface area contributed by atoms with E-state index < -0.39 is 0 Å². The first-order chi connectivity index (χ1) is 13.8. The maximum absolute atomic E-state index is 6.14. The Morgan fingerprint density at radius 2 is 1.46 bits per heavy atom. The van der Waals surface area contributed by atoms with Gasteiger partial charge in [0.05, 0.1) is 26.4 Å². The van der Waals surface area contributed by atoms with Crippen LogP contribution in [0.1, 0.15) is 78.1 Å². The van der Waals surface area contributed by atoms with Crippen LogP contribution in [-0.2, 0) is 18.9 Å². The maximum atomic E-state index is 6.14. The zero-order valence-electron chi connectivity index (χ0n) is 18.2. The third-order valence-corrected chi connectivity index (χ3v) is 6.75. The molecule has 3 rings (SSSR count). The van der Waals surface area contributed by atoms with Gasteiger partial charge in [-0.1, -0.05) is 44.8 Å². The van der Waals surface area contributed by atoms with E-state index in [-0.39, 0.29) is 12.6 Å². The second-order valence-corrected chi connectivity index (χ2v) is 9.14. The Morgan fingerprint density at radius 3 is 2.11 bits per heavy atom. The highest BCUT2D eigenvalue weighted by molar-refractivity contribution is 4.86. The number of hydrogen-bond acceptors (Lipinski definition) is 4. The quantitative estimate of drug-likeness (QED) is 0.371. The van der Waals surface area contributed by atoms with Crippen molar-refractivity contribution < 1.29 is 18.9 Å². The van der Waals surface area contributed by atoms with Crippen LogP contribution in [0, 0.1) is 23.7 Å². The Labute approximate surface area is 172 Å². The van der Waals surface area contributed by atoms with E-state index in [1.807, 2.05) is 6.92 Å². The van der Waals surface area contributed by atoms with Gasteiger partial charge in [-0.15, -0.1) is 0 Å². The maximum Gasteiger partial charge on any atom is 0.160 e. The molecule has 0 aromatic heterocycles. The fourth-order valence-electron chi connectivity index (χ4n) is 4.91. The minimum atomic E-state index is -0.0535. The largest absolute Gasteiger partial charge is 0.352 e. The summed E-state index contributed by atoms with van der Waals surface area (Å²) in [6, 6.07) is 0. The van der Waals surface area contributed by atoms with E-state index in [9.17, 15) is 0 Å². The molecule has 0 spiro atoms. The van der Waals surface area contributed by atoms with Crippen LogP contribution in [0.2, 0.25) is 0 Å². The number of allylic oxidation sites excluding steroid dienone is 1. The molecule has 2 aliphatic heterocycles. The normalized spacial score (nSPS) is 37.4. The molecule has 0 unspecified atom stereocenters. The summed E-state index contributed by atoms with van der Waals surface area (Å²) >= 11 is 0. The summed E-state index contributed by atoms with van der Waals surface area (Å²) in [6.07, 6.45) is 17.1. The molecule has 2 saturated heterocycles. The van der Waals surface area contributed by atoms with Gasteiger partial charge in [0.2, 0.25) is 0 Å². The summed E-state index contributed by atoms with van der Waals surface area (Å²) in [5, 5.41) is 0. The Balaban J connectivity index is 1.26. The topological polar surface area (TPSA) is 36.9 Å². The second-order valence-electron chi connectivity index (χ2n) is 9.14. The van der Waals surface area contributed by atoms with Crippen molar-refractivity contribution in [2.24, 2.45) is 23.7 Å². The van der Waals surface area contributed by atoms with Crippen LogP contribution in [0.3, 0.4) is 0 Å². The lowest BCUT2D eigenvalue weighted by Gasteiger charge is -2.38. The minimum Gasteiger partial charge on any atom is -0.352 e. The van der Waals surface area contributed by atoms with E-state index in [4.69, 9.17) is 18.9 Å². The summed E-state index contributed by atoms with van der Waals surface area (Å²) < 4.78 is 24.0. The predicted octanol–water partition coefficient (Wildman–Crippen LogP) is 5.71. The molecule has 1 saturated carbocycles. The lowest BCUT2D eigenvalue weighted by Crippen LogP contribution is -2.39. The summed E-state index contributed by atoms with van der Waals surface area (Å²) in [6.45, 7) is 7.54. The lowest BCUT2D eigenvalue weighted by atomic mass is 9.79. The summed E-state index contributed by atoms with van der Waals surface area (Å²) in [5.74, 6) is 2.44. The molecule has 3 aliphatic rings. The molecule has 4 nitrogen and oxygen atoms in total. The molecular weight excluding hydrogens is 352 g/mol. The molecule has 0 bridgehead atoms. The molecule has 3 fully saturated rings. The van der Waals surface area contributed by atoms with E-state index in [1.165, 1.54) is 51.4 Å². The summed E-state index contributed by atoms with van der Waals surface area (Å²) in [4.78, 5) is 0. The highest BCUT2D eigenvalue weighted by Crippen LogP contribution is 2.36. The number of unbranched alkanes of at least 4 members (excludes halogenated alkanes) is 2. The van der Waals surface area contributed by atoms with Crippen molar-refractivity contribution in [1.29, 1.82) is 0 Å². The zero-order valence-corrected chi connectivity index (χ0v) is 18.2. The Morgan fingerprint density at radius 1 is 0.750 bits per heavy atom. The van der Waals surface area contributed by atoms with Crippen molar-refractivity contribution in [1.82, 2.24) is 0 Å². The van der Waals surface area contributed by atoms with Crippen molar-refractivity contribution in [2.75, 3.05) is 26.4 Å². The molecule has 0 aromatic carbocycles. The Bertz CT molecular complexity index is 428. The van der Waals surface area contributed by atoms with E-state index in [2.05, 4.69) is 19.1 Å². The molecule has 0 amide bonds. The number of hydrogen-bond donors (Lipinski definition) is 0. The second kappa shape index (κ2) is 12.3. The van der Waals surface area contributed by atoms with Gasteiger partial charge in [-0.25, -0.2) is 0 Å². The van der Waals surface area contributed by atoms with Gasteiger partial charge in [-0.2, -0.15) is 0 Å². The first kappa shape index (κ1) is 22.3. The SMILES string of the molecule is CC=CC1COC(CCC2COC(C3CCC(CCCCC)CC3)OC2)OC1. The molecule has 28 heavy (non-hydrogen) atoms. The van der Waals surface area contributed by atoms with E-state index in [0.29, 0.717) is 17.8 Å².